The monoisotopic (exact) mass is 528 g/mol. The molecule has 3 aromatic heterocycles. The van der Waals surface area contributed by atoms with Crippen LogP contribution in [0.25, 0.3) is 71.9 Å². The van der Waals surface area contributed by atoms with E-state index in [4.69, 9.17) is 8.83 Å². The van der Waals surface area contributed by atoms with E-state index in [0.717, 1.165) is 44.2 Å². The van der Waals surface area contributed by atoms with Gasteiger partial charge in [-0.15, -0.1) is 0 Å². The smallest absolute Gasteiger partial charge is 0.135 e. The molecule has 3 heterocycles. The highest BCUT2D eigenvalue weighted by molar-refractivity contribution is 6.10. The third-order valence-corrected chi connectivity index (χ3v) is 8.14. The molecule has 0 fully saturated rings. The second kappa shape index (κ2) is 9.01. The fourth-order valence-electron chi connectivity index (χ4n) is 6.07. The highest BCUT2D eigenvalue weighted by Crippen LogP contribution is 2.36. The maximum absolute atomic E-state index is 9.27. The zero-order valence-electron chi connectivity index (χ0n) is 22.4. The summed E-state index contributed by atoms with van der Waals surface area (Å²) in [5.74, 6) is 0.820. The van der Waals surface area contributed by atoms with E-state index in [2.05, 4.69) is 89.5 Å². The number of hydrogen-bond acceptors (Lipinski definition) is 3. The fourth-order valence-corrected chi connectivity index (χ4v) is 6.07. The third kappa shape index (κ3) is 3.67. The number of nitriles is 1. The molecule has 0 saturated heterocycles. The maximum atomic E-state index is 9.27. The number of fused-ring (bicyclic) bond motifs is 7. The molecule has 0 aliphatic carbocycles. The van der Waals surface area contributed by atoms with Crippen LogP contribution in [0.2, 0.25) is 0 Å². The van der Waals surface area contributed by atoms with Crippen LogP contribution < -0.4 is 0 Å². The van der Waals surface area contributed by atoms with E-state index in [1.54, 1.807) is 6.07 Å². The first-order valence-electron chi connectivity index (χ1n) is 13.7. The summed E-state index contributed by atoms with van der Waals surface area (Å²) in [7, 11) is 0. The van der Waals surface area contributed by atoms with E-state index in [0.29, 0.717) is 12.1 Å². The number of aryl methyl sites for hydroxylation is 1. The predicted molar refractivity (Wildman–Crippen MR) is 167 cm³/mol. The van der Waals surface area contributed by atoms with Gasteiger partial charge in [0.2, 0.25) is 0 Å². The van der Waals surface area contributed by atoms with Crippen molar-refractivity contribution >= 4 is 60.8 Å². The molecule has 0 radical (unpaired) electrons. The summed E-state index contributed by atoms with van der Waals surface area (Å²) in [4.78, 5) is 0. The summed E-state index contributed by atoms with van der Waals surface area (Å²) < 4.78 is 14.5. The molecule has 8 aromatic rings. The lowest BCUT2D eigenvalue weighted by atomic mass is 10.0. The van der Waals surface area contributed by atoms with E-state index in [9.17, 15) is 5.26 Å². The molecule has 0 spiro atoms. The quantitative estimate of drug-likeness (QED) is 0.228. The first-order chi connectivity index (χ1) is 20.2. The summed E-state index contributed by atoms with van der Waals surface area (Å²) in [6, 6.07) is 37.7. The Balaban J connectivity index is 1.19. The van der Waals surface area contributed by atoms with Crippen molar-refractivity contribution in [3.8, 4) is 17.2 Å². The van der Waals surface area contributed by atoms with Crippen LogP contribution in [0, 0.1) is 18.3 Å². The number of aromatic nitrogens is 1. The summed E-state index contributed by atoms with van der Waals surface area (Å²) >= 11 is 0. The number of nitrogens with zero attached hydrogens (tertiary/aromatic N) is 2. The summed E-state index contributed by atoms with van der Waals surface area (Å²) in [5.41, 5.74) is 9.03. The molecule has 0 N–H and O–H groups in total. The van der Waals surface area contributed by atoms with Gasteiger partial charge in [-0.1, -0.05) is 54.6 Å². The van der Waals surface area contributed by atoms with Gasteiger partial charge in [-0.05, 0) is 78.7 Å². The Morgan fingerprint density at radius 2 is 1.34 bits per heavy atom. The minimum absolute atomic E-state index is 0.639. The first kappa shape index (κ1) is 23.4. The van der Waals surface area contributed by atoms with Crippen molar-refractivity contribution < 1.29 is 8.83 Å². The standard InChI is InChI=1S/C37H24N2O2/c1-23-29-19-24(22-38)12-16-36(29)40-34(23)11-6-18-39-32-9-4-2-7-27(32)30-20-25(13-15-33(30)39)26-14-17-37-31(21-26)28-8-3-5-10-35(28)41-37/h2-17,19-21H,18H2,1H3/b11-6-. The van der Waals surface area contributed by atoms with Crippen molar-refractivity contribution in [2.75, 3.05) is 0 Å². The first-order valence-corrected chi connectivity index (χ1v) is 13.7. The Labute approximate surface area is 235 Å². The molecule has 0 unspecified atom stereocenters. The van der Waals surface area contributed by atoms with E-state index in [1.165, 1.54) is 32.9 Å². The Hall–Kier alpha value is -5.53. The molecular formula is C37H24N2O2. The Bertz CT molecular complexity index is 2370. The van der Waals surface area contributed by atoms with Gasteiger partial charge in [0.15, 0.2) is 0 Å². The van der Waals surface area contributed by atoms with E-state index < -0.39 is 0 Å². The predicted octanol–water partition coefficient (Wildman–Crippen LogP) is 10.0. The lowest BCUT2D eigenvalue weighted by Crippen LogP contribution is -1.94. The maximum Gasteiger partial charge on any atom is 0.135 e. The lowest BCUT2D eigenvalue weighted by Gasteiger charge is -2.06. The van der Waals surface area contributed by atoms with Crippen LogP contribution in [0.4, 0.5) is 0 Å². The second-order valence-electron chi connectivity index (χ2n) is 10.5. The van der Waals surface area contributed by atoms with Crippen LogP contribution in [0.15, 0.2) is 118 Å². The van der Waals surface area contributed by atoms with Gasteiger partial charge in [-0.2, -0.15) is 5.26 Å². The number of furan rings is 2. The van der Waals surface area contributed by atoms with Crippen molar-refractivity contribution in [3.05, 3.63) is 126 Å². The van der Waals surface area contributed by atoms with Crippen molar-refractivity contribution in [3.63, 3.8) is 0 Å². The molecule has 0 aliphatic rings. The highest BCUT2D eigenvalue weighted by atomic mass is 16.3. The number of benzene rings is 5. The SMILES string of the molecule is Cc1c(/C=C\Cn2c3ccccc3c3cc(-c4ccc5oc6ccccc6c5c4)ccc32)oc2ccc(C#N)cc12. The Morgan fingerprint density at radius 1 is 0.659 bits per heavy atom. The summed E-state index contributed by atoms with van der Waals surface area (Å²) in [6.45, 7) is 2.74. The van der Waals surface area contributed by atoms with E-state index in [1.807, 2.05) is 37.3 Å². The van der Waals surface area contributed by atoms with Crippen LogP contribution in [0.1, 0.15) is 16.9 Å². The molecule has 8 rings (SSSR count). The zero-order chi connectivity index (χ0) is 27.5. The van der Waals surface area contributed by atoms with Crippen molar-refractivity contribution in [2.24, 2.45) is 0 Å². The van der Waals surface area contributed by atoms with Crippen molar-refractivity contribution in [2.45, 2.75) is 13.5 Å². The molecule has 0 amide bonds. The molecule has 0 bridgehead atoms. The van der Waals surface area contributed by atoms with Gasteiger partial charge in [0.25, 0.3) is 0 Å². The molecule has 41 heavy (non-hydrogen) atoms. The van der Waals surface area contributed by atoms with Crippen LogP contribution in [0.3, 0.4) is 0 Å². The van der Waals surface area contributed by atoms with Gasteiger partial charge >= 0.3 is 0 Å². The number of hydrogen-bond donors (Lipinski definition) is 0. The van der Waals surface area contributed by atoms with Gasteiger partial charge in [-0.25, -0.2) is 0 Å². The van der Waals surface area contributed by atoms with E-state index >= 15 is 0 Å². The van der Waals surface area contributed by atoms with Gasteiger partial charge in [0.1, 0.15) is 22.5 Å². The number of rotatable bonds is 4. The third-order valence-electron chi connectivity index (χ3n) is 8.14. The van der Waals surface area contributed by atoms with Gasteiger partial charge in [-0.3, -0.25) is 0 Å². The topological polar surface area (TPSA) is 55.0 Å². The number of para-hydroxylation sites is 2. The zero-order valence-corrected chi connectivity index (χ0v) is 22.4. The Morgan fingerprint density at radius 3 is 2.22 bits per heavy atom. The van der Waals surface area contributed by atoms with Crippen LogP contribution >= 0.6 is 0 Å². The molecule has 5 aromatic carbocycles. The highest BCUT2D eigenvalue weighted by Gasteiger charge is 2.13. The van der Waals surface area contributed by atoms with Gasteiger partial charge in [0.05, 0.1) is 11.6 Å². The van der Waals surface area contributed by atoms with E-state index in [-0.39, 0.29) is 0 Å². The Kier molecular flexibility index (Phi) is 5.13. The second-order valence-corrected chi connectivity index (χ2v) is 10.5. The van der Waals surface area contributed by atoms with Crippen LogP contribution in [0.5, 0.6) is 0 Å². The molecule has 4 nitrogen and oxygen atoms in total. The summed E-state index contributed by atoms with van der Waals surface area (Å²) in [6.07, 6.45) is 4.19. The average molecular weight is 529 g/mol. The van der Waals surface area contributed by atoms with Crippen molar-refractivity contribution in [1.29, 1.82) is 5.26 Å². The molecular weight excluding hydrogens is 504 g/mol. The normalized spacial score (nSPS) is 12.0. The average Bonchev–Trinajstić information content (AvgIpc) is 3.66. The van der Waals surface area contributed by atoms with Gasteiger partial charge in [0, 0.05) is 50.1 Å². The molecule has 0 atom stereocenters. The molecule has 194 valence electrons. The van der Waals surface area contributed by atoms with Crippen molar-refractivity contribution in [1.82, 2.24) is 4.57 Å². The molecule has 0 aliphatic heterocycles. The minimum Gasteiger partial charge on any atom is -0.456 e. The van der Waals surface area contributed by atoms with Crippen LogP contribution in [-0.4, -0.2) is 4.57 Å². The minimum atomic E-state index is 0.639. The fraction of sp³-hybridized carbons (Fsp3) is 0.0541. The molecule has 0 saturated carbocycles. The van der Waals surface area contributed by atoms with Crippen LogP contribution in [-0.2, 0) is 6.54 Å². The van der Waals surface area contributed by atoms with Gasteiger partial charge < -0.3 is 13.4 Å². The number of allylic oxidation sites excluding steroid dienone is 1. The summed E-state index contributed by atoms with van der Waals surface area (Å²) in [5, 5.41) is 15.0. The lowest BCUT2D eigenvalue weighted by molar-refractivity contribution is 0.601. The molecule has 4 heteroatoms. The largest absolute Gasteiger partial charge is 0.456 e.